The molecule has 0 spiro atoms. The number of pyridine rings is 1. The van der Waals surface area contributed by atoms with Crippen molar-refractivity contribution in [1.82, 2.24) is 14.8 Å². The minimum atomic E-state index is -4.35. The van der Waals surface area contributed by atoms with E-state index in [9.17, 15) is 18.0 Å². The zero-order valence-electron chi connectivity index (χ0n) is 12.4. The summed E-state index contributed by atoms with van der Waals surface area (Å²) < 4.78 is 39.0. The summed E-state index contributed by atoms with van der Waals surface area (Å²) in [4.78, 5) is 17.1. The maximum absolute atomic E-state index is 12.2. The van der Waals surface area contributed by atoms with E-state index >= 15 is 0 Å². The Morgan fingerprint density at radius 2 is 2.09 bits per heavy atom. The number of nitrogens with zero attached hydrogens (tertiary/aromatic N) is 4. The van der Waals surface area contributed by atoms with Gasteiger partial charge in [0.2, 0.25) is 5.91 Å². The molecule has 1 amide bonds. The van der Waals surface area contributed by atoms with Crippen molar-refractivity contribution < 1.29 is 18.0 Å². The van der Waals surface area contributed by atoms with Crippen LogP contribution in [0.25, 0.3) is 5.69 Å². The molecular formula is C14H14BrF3N4O. The van der Waals surface area contributed by atoms with Crippen molar-refractivity contribution in [1.29, 1.82) is 0 Å². The molecule has 0 aromatic carbocycles. The minimum Gasteiger partial charge on any atom is -0.312 e. The van der Waals surface area contributed by atoms with E-state index < -0.39 is 24.9 Å². The Balaban J connectivity index is 2.19. The Hall–Kier alpha value is -1.90. The van der Waals surface area contributed by atoms with Crippen LogP contribution in [0, 0.1) is 6.92 Å². The average molecular weight is 391 g/mol. The highest BCUT2D eigenvalue weighted by molar-refractivity contribution is 9.10. The lowest BCUT2D eigenvalue weighted by molar-refractivity contribution is -0.142. The third-order valence-corrected chi connectivity index (χ3v) is 3.62. The number of carbonyl (C=O) groups is 1. The van der Waals surface area contributed by atoms with Crippen molar-refractivity contribution in [2.75, 3.05) is 11.9 Å². The van der Waals surface area contributed by atoms with Crippen molar-refractivity contribution in [3.05, 3.63) is 34.8 Å². The number of hydrogen-bond acceptors (Lipinski definition) is 3. The Kier molecular flexibility index (Phi) is 5.08. The Morgan fingerprint density at radius 3 is 2.70 bits per heavy atom. The fourth-order valence-corrected chi connectivity index (χ4v) is 2.34. The first kappa shape index (κ1) is 17.5. The van der Waals surface area contributed by atoms with E-state index in [0.29, 0.717) is 17.1 Å². The fourth-order valence-electron chi connectivity index (χ4n) is 1.99. The lowest BCUT2D eigenvalue weighted by atomic mass is 10.2. The lowest BCUT2D eigenvalue weighted by Gasteiger charge is -2.16. The first-order chi connectivity index (χ1) is 10.7. The lowest BCUT2D eigenvalue weighted by Crippen LogP contribution is -2.27. The first-order valence-electron chi connectivity index (χ1n) is 6.68. The second-order valence-electron chi connectivity index (χ2n) is 4.97. The Bertz CT molecular complexity index is 714. The van der Waals surface area contributed by atoms with E-state index in [0.717, 1.165) is 4.47 Å². The van der Waals surface area contributed by atoms with E-state index in [1.165, 1.54) is 16.6 Å². The fraction of sp³-hybridized carbons (Fsp3) is 0.357. The highest BCUT2D eigenvalue weighted by Gasteiger charge is 2.29. The van der Waals surface area contributed by atoms with Gasteiger partial charge in [0.25, 0.3) is 0 Å². The molecule has 0 N–H and O–H groups in total. The zero-order chi connectivity index (χ0) is 17.2. The van der Waals surface area contributed by atoms with Crippen molar-refractivity contribution >= 4 is 27.5 Å². The quantitative estimate of drug-likeness (QED) is 0.800. The van der Waals surface area contributed by atoms with Gasteiger partial charge in [0, 0.05) is 24.1 Å². The van der Waals surface area contributed by atoms with Crippen molar-refractivity contribution in [3.63, 3.8) is 0 Å². The van der Waals surface area contributed by atoms with Crippen LogP contribution in [-0.4, -0.2) is 33.9 Å². The van der Waals surface area contributed by atoms with Gasteiger partial charge in [0.05, 0.1) is 35.9 Å². The van der Waals surface area contributed by atoms with Gasteiger partial charge in [-0.05, 0) is 28.9 Å². The Morgan fingerprint density at radius 1 is 1.39 bits per heavy atom. The molecule has 2 aromatic rings. The van der Waals surface area contributed by atoms with Gasteiger partial charge < -0.3 is 4.90 Å². The third-order valence-electron chi connectivity index (χ3n) is 3.19. The van der Waals surface area contributed by atoms with Crippen LogP contribution in [0.5, 0.6) is 0 Å². The van der Waals surface area contributed by atoms with Crippen LogP contribution >= 0.6 is 15.9 Å². The van der Waals surface area contributed by atoms with Gasteiger partial charge in [0.15, 0.2) is 0 Å². The normalized spacial score (nSPS) is 11.6. The number of amides is 1. The number of aromatic nitrogens is 3. The summed E-state index contributed by atoms with van der Waals surface area (Å²) in [5.74, 6) is -0.614. The largest absolute Gasteiger partial charge is 0.389 e. The molecule has 2 aromatic heterocycles. The van der Waals surface area contributed by atoms with Crippen LogP contribution in [0.3, 0.4) is 0 Å². The highest BCUT2D eigenvalue weighted by atomic mass is 79.9. The maximum Gasteiger partial charge on any atom is 0.389 e. The second-order valence-corrected chi connectivity index (χ2v) is 5.89. The summed E-state index contributed by atoms with van der Waals surface area (Å²) in [6.45, 7) is 1.69. The smallest absolute Gasteiger partial charge is 0.312 e. The molecule has 2 heterocycles. The molecule has 0 radical (unpaired) electrons. The van der Waals surface area contributed by atoms with E-state index in [4.69, 9.17) is 0 Å². The molecule has 2 rings (SSSR count). The predicted molar refractivity (Wildman–Crippen MR) is 82.5 cm³/mol. The summed E-state index contributed by atoms with van der Waals surface area (Å²) in [5, 5.41) is 4.27. The molecule has 9 heteroatoms. The molecule has 0 saturated heterocycles. The van der Waals surface area contributed by atoms with Gasteiger partial charge in [-0.1, -0.05) is 0 Å². The Labute approximate surface area is 139 Å². The van der Waals surface area contributed by atoms with Crippen LogP contribution in [-0.2, 0) is 4.79 Å². The summed E-state index contributed by atoms with van der Waals surface area (Å²) in [5.41, 5.74) is 1.66. The molecule has 124 valence electrons. The third kappa shape index (κ3) is 4.54. The highest BCUT2D eigenvalue weighted by Crippen LogP contribution is 2.25. The number of hydrogen-bond donors (Lipinski definition) is 0. The first-order valence-corrected chi connectivity index (χ1v) is 7.47. The monoisotopic (exact) mass is 390 g/mol. The number of rotatable bonds is 4. The van der Waals surface area contributed by atoms with Gasteiger partial charge in [-0.2, -0.15) is 18.3 Å². The van der Waals surface area contributed by atoms with Crippen LogP contribution in [0.2, 0.25) is 0 Å². The number of anilines is 1. The maximum atomic E-state index is 12.2. The van der Waals surface area contributed by atoms with Crippen molar-refractivity contribution in [3.8, 4) is 5.69 Å². The molecule has 0 aliphatic heterocycles. The molecule has 0 unspecified atom stereocenters. The van der Waals surface area contributed by atoms with Gasteiger partial charge in [-0.15, -0.1) is 0 Å². The van der Waals surface area contributed by atoms with Crippen molar-refractivity contribution in [2.24, 2.45) is 0 Å². The van der Waals surface area contributed by atoms with E-state index in [1.807, 2.05) is 0 Å². The summed E-state index contributed by atoms with van der Waals surface area (Å²) >= 11 is 3.30. The molecule has 0 fully saturated rings. The van der Waals surface area contributed by atoms with Gasteiger partial charge in [-0.3, -0.25) is 9.78 Å². The standard InChI is InChI=1S/C14H14BrF3N4O/c1-9-12(21(2)13(23)3-4-14(16,17)18)8-22(20-9)11-5-10(15)6-19-7-11/h5-8H,3-4H2,1-2H3. The summed E-state index contributed by atoms with van der Waals surface area (Å²) in [6, 6.07) is 1.79. The average Bonchev–Trinajstić information content (AvgIpc) is 2.85. The van der Waals surface area contributed by atoms with Gasteiger partial charge >= 0.3 is 6.18 Å². The van der Waals surface area contributed by atoms with Gasteiger partial charge in [-0.25, -0.2) is 4.68 Å². The predicted octanol–water partition coefficient (Wildman–Crippen LogP) is 3.64. The van der Waals surface area contributed by atoms with Gasteiger partial charge in [0.1, 0.15) is 0 Å². The molecule has 0 saturated carbocycles. The topological polar surface area (TPSA) is 51.0 Å². The van der Waals surface area contributed by atoms with E-state index in [1.54, 1.807) is 31.6 Å². The van der Waals surface area contributed by atoms with Crippen LogP contribution in [0.4, 0.5) is 18.9 Å². The van der Waals surface area contributed by atoms with E-state index in [-0.39, 0.29) is 0 Å². The molecule has 0 bridgehead atoms. The molecule has 0 aliphatic carbocycles. The number of halogens is 4. The number of alkyl halides is 3. The number of carbonyl (C=O) groups excluding carboxylic acids is 1. The molecule has 0 aliphatic rings. The van der Waals surface area contributed by atoms with Crippen molar-refractivity contribution in [2.45, 2.75) is 25.9 Å². The molecule has 0 atom stereocenters. The van der Waals surface area contributed by atoms with Crippen LogP contribution in [0.15, 0.2) is 29.1 Å². The zero-order valence-corrected chi connectivity index (χ0v) is 14.0. The van der Waals surface area contributed by atoms with Crippen LogP contribution in [0.1, 0.15) is 18.5 Å². The number of aryl methyl sites for hydroxylation is 1. The second kappa shape index (κ2) is 6.69. The minimum absolute atomic E-state index is 0.456. The van der Waals surface area contributed by atoms with E-state index in [2.05, 4.69) is 26.0 Å². The summed E-state index contributed by atoms with van der Waals surface area (Å²) in [6.07, 6.45) is -1.29. The molecule has 23 heavy (non-hydrogen) atoms. The molecule has 5 nitrogen and oxygen atoms in total. The molecular weight excluding hydrogens is 377 g/mol. The summed E-state index contributed by atoms with van der Waals surface area (Å²) in [7, 11) is 1.44. The SMILES string of the molecule is Cc1nn(-c2cncc(Br)c2)cc1N(C)C(=O)CCC(F)(F)F. The van der Waals surface area contributed by atoms with Crippen LogP contribution < -0.4 is 4.90 Å².